The Morgan fingerprint density at radius 2 is 2.45 bits per heavy atom. The summed E-state index contributed by atoms with van der Waals surface area (Å²) >= 11 is 0. The maximum atomic E-state index is 8.68. The van der Waals surface area contributed by atoms with Gasteiger partial charge in [0, 0.05) is 12.2 Å². The van der Waals surface area contributed by atoms with Crippen molar-refractivity contribution in [3.63, 3.8) is 0 Å². The molecule has 1 aromatic rings. The topological polar surface area (TPSA) is 42.6 Å². The van der Waals surface area contributed by atoms with Crippen LogP contribution in [0.2, 0.25) is 0 Å². The van der Waals surface area contributed by atoms with Gasteiger partial charge in [0.1, 0.15) is 12.4 Å². The van der Waals surface area contributed by atoms with Crippen LogP contribution >= 0.6 is 0 Å². The van der Waals surface area contributed by atoms with Gasteiger partial charge in [0.2, 0.25) is 0 Å². The van der Waals surface area contributed by atoms with Crippen LogP contribution in [0.1, 0.15) is 18.2 Å². The van der Waals surface area contributed by atoms with Crippen LogP contribution < -0.4 is 0 Å². The quantitative estimate of drug-likeness (QED) is 0.714. The zero-order valence-electron chi connectivity index (χ0n) is 6.54. The third-order valence-corrected chi connectivity index (χ3v) is 1.34. The third-order valence-electron chi connectivity index (χ3n) is 1.34. The predicted octanol–water partition coefficient (Wildman–Crippen LogP) is 1.31. The molecular formula is C8H12O3. The van der Waals surface area contributed by atoms with Crippen LogP contribution in [-0.4, -0.2) is 11.7 Å². The minimum absolute atomic E-state index is 0.0234. The molecule has 0 saturated carbocycles. The molecule has 0 amide bonds. The minimum atomic E-state index is 0.0234. The highest BCUT2D eigenvalue weighted by molar-refractivity contribution is 5.10. The van der Waals surface area contributed by atoms with Crippen LogP contribution in [0.5, 0.6) is 0 Å². The molecule has 0 radical (unpaired) electrons. The molecule has 0 aliphatic rings. The molecule has 0 saturated heterocycles. The van der Waals surface area contributed by atoms with E-state index >= 15 is 0 Å². The fourth-order valence-electron chi connectivity index (χ4n) is 0.787. The van der Waals surface area contributed by atoms with Crippen molar-refractivity contribution in [3.05, 3.63) is 23.7 Å². The summed E-state index contributed by atoms with van der Waals surface area (Å²) in [5.41, 5.74) is 0.791. The van der Waals surface area contributed by atoms with Crippen LogP contribution in [-0.2, 0) is 18.0 Å². The largest absolute Gasteiger partial charge is 0.467 e. The Labute approximate surface area is 65.6 Å². The second-order valence-corrected chi connectivity index (χ2v) is 2.22. The summed E-state index contributed by atoms with van der Waals surface area (Å²) in [6.45, 7) is 3.11. The molecule has 0 spiro atoms. The fraction of sp³-hybridized carbons (Fsp3) is 0.500. The van der Waals surface area contributed by atoms with Crippen molar-refractivity contribution in [2.45, 2.75) is 20.1 Å². The van der Waals surface area contributed by atoms with E-state index in [-0.39, 0.29) is 6.61 Å². The van der Waals surface area contributed by atoms with Crippen molar-refractivity contribution in [1.82, 2.24) is 0 Å². The summed E-state index contributed by atoms with van der Waals surface area (Å²) in [5.74, 6) is 0.760. The van der Waals surface area contributed by atoms with E-state index in [4.69, 9.17) is 14.3 Å². The van der Waals surface area contributed by atoms with Gasteiger partial charge in [0.05, 0.1) is 12.9 Å². The van der Waals surface area contributed by atoms with E-state index in [0.29, 0.717) is 13.2 Å². The molecule has 0 aliphatic heterocycles. The first kappa shape index (κ1) is 8.30. The van der Waals surface area contributed by atoms with Crippen LogP contribution in [0, 0.1) is 0 Å². The number of hydrogen-bond acceptors (Lipinski definition) is 3. The molecule has 0 aliphatic carbocycles. The lowest BCUT2D eigenvalue weighted by Crippen LogP contribution is -1.88. The van der Waals surface area contributed by atoms with Crippen LogP contribution in [0.3, 0.4) is 0 Å². The van der Waals surface area contributed by atoms with Crippen molar-refractivity contribution in [3.8, 4) is 0 Å². The molecular weight excluding hydrogens is 144 g/mol. The van der Waals surface area contributed by atoms with Crippen molar-refractivity contribution in [2.24, 2.45) is 0 Å². The Bertz CT molecular complexity index is 205. The van der Waals surface area contributed by atoms with E-state index in [1.165, 1.54) is 6.26 Å². The lowest BCUT2D eigenvalue weighted by molar-refractivity contribution is 0.118. The van der Waals surface area contributed by atoms with Crippen LogP contribution in [0.25, 0.3) is 0 Å². The van der Waals surface area contributed by atoms with E-state index in [1.807, 2.05) is 6.92 Å². The Morgan fingerprint density at radius 1 is 1.64 bits per heavy atom. The predicted molar refractivity (Wildman–Crippen MR) is 40.0 cm³/mol. The zero-order valence-corrected chi connectivity index (χ0v) is 6.54. The zero-order chi connectivity index (χ0) is 8.10. The molecule has 1 N–H and O–H groups in total. The SMILES string of the molecule is CCOCc1cc(CO)co1. The van der Waals surface area contributed by atoms with Gasteiger partial charge >= 0.3 is 0 Å². The number of aliphatic hydroxyl groups excluding tert-OH is 1. The van der Waals surface area contributed by atoms with E-state index in [1.54, 1.807) is 6.07 Å². The average Bonchev–Trinajstić information content (AvgIpc) is 2.48. The van der Waals surface area contributed by atoms with E-state index in [0.717, 1.165) is 11.3 Å². The Morgan fingerprint density at radius 3 is 3.00 bits per heavy atom. The van der Waals surface area contributed by atoms with Gasteiger partial charge in [0.25, 0.3) is 0 Å². The summed E-state index contributed by atoms with van der Waals surface area (Å²) in [5, 5.41) is 8.68. The Hall–Kier alpha value is -0.800. The molecule has 3 heteroatoms. The molecule has 11 heavy (non-hydrogen) atoms. The summed E-state index contributed by atoms with van der Waals surface area (Å²) < 4.78 is 10.2. The average molecular weight is 156 g/mol. The van der Waals surface area contributed by atoms with Crippen molar-refractivity contribution < 1.29 is 14.3 Å². The lowest BCUT2D eigenvalue weighted by Gasteiger charge is -1.94. The van der Waals surface area contributed by atoms with Gasteiger partial charge < -0.3 is 14.3 Å². The standard InChI is InChI=1S/C8H12O3/c1-2-10-6-8-3-7(4-9)5-11-8/h3,5,9H,2,4,6H2,1H3. The highest BCUT2D eigenvalue weighted by Gasteiger charge is 1.99. The van der Waals surface area contributed by atoms with Gasteiger partial charge in [0.15, 0.2) is 0 Å². The number of ether oxygens (including phenoxy) is 1. The molecule has 0 bridgehead atoms. The monoisotopic (exact) mass is 156 g/mol. The van der Waals surface area contributed by atoms with Crippen LogP contribution in [0.15, 0.2) is 16.7 Å². The second-order valence-electron chi connectivity index (χ2n) is 2.22. The van der Waals surface area contributed by atoms with Gasteiger partial charge in [-0.05, 0) is 13.0 Å². The van der Waals surface area contributed by atoms with Gasteiger partial charge in [-0.3, -0.25) is 0 Å². The smallest absolute Gasteiger partial charge is 0.129 e. The van der Waals surface area contributed by atoms with Gasteiger partial charge in [-0.15, -0.1) is 0 Å². The summed E-state index contributed by atoms with van der Waals surface area (Å²) in [6, 6.07) is 1.79. The van der Waals surface area contributed by atoms with Crippen LogP contribution in [0.4, 0.5) is 0 Å². The molecule has 0 fully saturated rings. The molecule has 0 aromatic carbocycles. The maximum Gasteiger partial charge on any atom is 0.129 e. The van der Waals surface area contributed by atoms with E-state index in [9.17, 15) is 0 Å². The first-order valence-electron chi connectivity index (χ1n) is 3.61. The lowest BCUT2D eigenvalue weighted by atomic mass is 10.3. The Balaban J connectivity index is 2.44. The van der Waals surface area contributed by atoms with Gasteiger partial charge in [-0.1, -0.05) is 0 Å². The molecule has 1 heterocycles. The van der Waals surface area contributed by atoms with Crippen molar-refractivity contribution >= 4 is 0 Å². The molecule has 1 aromatic heterocycles. The van der Waals surface area contributed by atoms with Gasteiger partial charge in [-0.2, -0.15) is 0 Å². The van der Waals surface area contributed by atoms with Gasteiger partial charge in [-0.25, -0.2) is 0 Å². The minimum Gasteiger partial charge on any atom is -0.467 e. The second kappa shape index (κ2) is 4.16. The van der Waals surface area contributed by atoms with E-state index < -0.39 is 0 Å². The number of furan rings is 1. The first-order valence-corrected chi connectivity index (χ1v) is 3.61. The summed E-state index contributed by atoms with van der Waals surface area (Å²) in [7, 11) is 0. The molecule has 1 rings (SSSR count). The Kier molecular flexibility index (Phi) is 3.14. The third kappa shape index (κ3) is 2.37. The number of hydrogen-bond donors (Lipinski definition) is 1. The van der Waals surface area contributed by atoms with E-state index in [2.05, 4.69) is 0 Å². The summed E-state index contributed by atoms with van der Waals surface area (Å²) in [6.07, 6.45) is 1.54. The molecule has 0 atom stereocenters. The summed E-state index contributed by atoms with van der Waals surface area (Å²) in [4.78, 5) is 0. The number of rotatable bonds is 4. The highest BCUT2D eigenvalue weighted by Crippen LogP contribution is 2.08. The normalized spacial score (nSPS) is 10.4. The molecule has 0 unspecified atom stereocenters. The molecule has 3 nitrogen and oxygen atoms in total. The number of aliphatic hydroxyl groups is 1. The molecule has 62 valence electrons. The first-order chi connectivity index (χ1) is 5.36. The van der Waals surface area contributed by atoms with Crippen molar-refractivity contribution in [2.75, 3.05) is 6.61 Å². The highest BCUT2D eigenvalue weighted by atomic mass is 16.5. The fourth-order valence-corrected chi connectivity index (χ4v) is 0.787. The van der Waals surface area contributed by atoms with Crippen molar-refractivity contribution in [1.29, 1.82) is 0 Å². The maximum absolute atomic E-state index is 8.68.